The lowest BCUT2D eigenvalue weighted by atomic mass is 10.3. The van der Waals surface area contributed by atoms with Crippen molar-refractivity contribution in [3.05, 3.63) is 12.4 Å². The van der Waals surface area contributed by atoms with Gasteiger partial charge >= 0.3 is 5.97 Å². The van der Waals surface area contributed by atoms with Gasteiger partial charge in [-0.3, -0.25) is 9.89 Å². The number of carboxylic acid groups (broad SMARTS) is 1. The van der Waals surface area contributed by atoms with E-state index in [4.69, 9.17) is 5.11 Å². The highest BCUT2D eigenvalue weighted by molar-refractivity contribution is 7.89. The molecule has 0 aliphatic heterocycles. The quantitative estimate of drug-likeness (QED) is 0.761. The molecule has 0 aliphatic rings. The van der Waals surface area contributed by atoms with Crippen molar-refractivity contribution in [2.75, 3.05) is 6.54 Å². The standard InChI is InChI=1S/C10H17N3O4S/c1-8(2)13(5-3-4-10(14)15)18(16,17)9-6-11-12-7-9/h6-8H,3-5H2,1-2H3,(H,11,12)(H,14,15). The Labute approximate surface area is 106 Å². The van der Waals surface area contributed by atoms with Crippen molar-refractivity contribution in [1.82, 2.24) is 14.5 Å². The summed E-state index contributed by atoms with van der Waals surface area (Å²) in [6.45, 7) is 3.67. The topological polar surface area (TPSA) is 103 Å². The minimum Gasteiger partial charge on any atom is -0.481 e. The summed E-state index contributed by atoms with van der Waals surface area (Å²) < 4.78 is 25.7. The van der Waals surface area contributed by atoms with Gasteiger partial charge in [0.1, 0.15) is 4.90 Å². The van der Waals surface area contributed by atoms with Crippen LogP contribution >= 0.6 is 0 Å². The maximum Gasteiger partial charge on any atom is 0.303 e. The van der Waals surface area contributed by atoms with Gasteiger partial charge in [0, 0.05) is 25.2 Å². The Balaban J connectivity index is 2.82. The summed E-state index contributed by atoms with van der Waals surface area (Å²) >= 11 is 0. The fourth-order valence-corrected chi connectivity index (χ4v) is 3.14. The van der Waals surface area contributed by atoms with Gasteiger partial charge in [-0.05, 0) is 20.3 Å². The molecule has 7 nitrogen and oxygen atoms in total. The van der Waals surface area contributed by atoms with Crippen LogP contribution in [0.2, 0.25) is 0 Å². The molecule has 0 saturated carbocycles. The van der Waals surface area contributed by atoms with Crippen molar-refractivity contribution in [1.29, 1.82) is 0 Å². The van der Waals surface area contributed by atoms with E-state index in [2.05, 4.69) is 10.2 Å². The number of H-pyrrole nitrogens is 1. The molecule has 2 N–H and O–H groups in total. The normalized spacial score (nSPS) is 12.2. The Kier molecular flexibility index (Phi) is 4.85. The molecule has 1 rings (SSSR count). The van der Waals surface area contributed by atoms with E-state index >= 15 is 0 Å². The maximum absolute atomic E-state index is 12.2. The van der Waals surface area contributed by atoms with Crippen LogP contribution in [0.5, 0.6) is 0 Å². The zero-order valence-corrected chi connectivity index (χ0v) is 11.1. The molecule has 18 heavy (non-hydrogen) atoms. The van der Waals surface area contributed by atoms with Gasteiger partial charge in [0.15, 0.2) is 0 Å². The van der Waals surface area contributed by atoms with Gasteiger partial charge in [-0.1, -0.05) is 0 Å². The molecule has 0 spiro atoms. The number of sulfonamides is 1. The number of aromatic nitrogens is 2. The second kappa shape index (κ2) is 5.96. The van der Waals surface area contributed by atoms with E-state index in [0.29, 0.717) is 0 Å². The van der Waals surface area contributed by atoms with Gasteiger partial charge in [0.05, 0.1) is 6.20 Å². The van der Waals surface area contributed by atoms with Crippen LogP contribution in [0.1, 0.15) is 26.7 Å². The highest BCUT2D eigenvalue weighted by atomic mass is 32.2. The predicted octanol–water partition coefficient (Wildman–Crippen LogP) is 0.674. The van der Waals surface area contributed by atoms with Gasteiger partial charge in [0.25, 0.3) is 0 Å². The lowest BCUT2D eigenvalue weighted by molar-refractivity contribution is -0.137. The van der Waals surface area contributed by atoms with Crippen LogP contribution in [0.25, 0.3) is 0 Å². The third-order valence-corrected chi connectivity index (χ3v) is 4.47. The third-order valence-electron chi connectivity index (χ3n) is 2.42. The maximum atomic E-state index is 12.2. The van der Waals surface area contributed by atoms with Crippen LogP contribution in [0, 0.1) is 0 Å². The molecule has 1 aromatic heterocycles. The van der Waals surface area contributed by atoms with E-state index in [1.54, 1.807) is 13.8 Å². The van der Waals surface area contributed by atoms with Crippen molar-refractivity contribution < 1.29 is 18.3 Å². The van der Waals surface area contributed by atoms with Gasteiger partial charge in [0.2, 0.25) is 10.0 Å². The van der Waals surface area contributed by atoms with Crippen LogP contribution in [0.4, 0.5) is 0 Å². The lowest BCUT2D eigenvalue weighted by Gasteiger charge is -2.24. The van der Waals surface area contributed by atoms with Crippen LogP contribution < -0.4 is 0 Å². The number of nitrogens with one attached hydrogen (secondary N) is 1. The monoisotopic (exact) mass is 275 g/mol. The Morgan fingerprint density at radius 2 is 2.22 bits per heavy atom. The Hall–Kier alpha value is -1.41. The van der Waals surface area contributed by atoms with Gasteiger partial charge < -0.3 is 5.11 Å². The molecule has 0 atom stereocenters. The Bertz CT molecular complexity index is 481. The number of carboxylic acids is 1. The molecular formula is C10H17N3O4S. The molecular weight excluding hydrogens is 258 g/mol. The fourth-order valence-electron chi connectivity index (χ4n) is 1.56. The number of rotatable bonds is 7. The van der Waals surface area contributed by atoms with E-state index in [1.807, 2.05) is 0 Å². The van der Waals surface area contributed by atoms with E-state index in [9.17, 15) is 13.2 Å². The largest absolute Gasteiger partial charge is 0.481 e. The third kappa shape index (κ3) is 3.54. The van der Waals surface area contributed by atoms with Crippen LogP contribution in [-0.2, 0) is 14.8 Å². The number of aromatic amines is 1. The van der Waals surface area contributed by atoms with Crippen molar-refractivity contribution in [3.63, 3.8) is 0 Å². The molecule has 0 radical (unpaired) electrons. The van der Waals surface area contributed by atoms with Crippen molar-refractivity contribution in [2.45, 2.75) is 37.6 Å². The number of nitrogens with zero attached hydrogens (tertiary/aromatic N) is 2. The number of aliphatic carboxylic acids is 1. The highest BCUT2D eigenvalue weighted by Gasteiger charge is 2.27. The summed E-state index contributed by atoms with van der Waals surface area (Å²) in [5.41, 5.74) is 0. The van der Waals surface area contributed by atoms with Gasteiger partial charge in [-0.15, -0.1) is 0 Å². The summed E-state index contributed by atoms with van der Waals surface area (Å²) in [4.78, 5) is 10.5. The zero-order valence-electron chi connectivity index (χ0n) is 10.3. The minimum absolute atomic E-state index is 0.0515. The first-order chi connectivity index (χ1) is 8.35. The van der Waals surface area contributed by atoms with E-state index in [0.717, 1.165) is 0 Å². The molecule has 0 amide bonds. The predicted molar refractivity (Wildman–Crippen MR) is 64.5 cm³/mol. The van der Waals surface area contributed by atoms with Crippen LogP contribution in [0.3, 0.4) is 0 Å². The summed E-state index contributed by atoms with van der Waals surface area (Å²) in [5.74, 6) is -0.931. The van der Waals surface area contributed by atoms with Crippen LogP contribution in [0.15, 0.2) is 17.3 Å². The number of hydrogen-bond donors (Lipinski definition) is 2. The SMILES string of the molecule is CC(C)N(CCCC(=O)O)S(=O)(=O)c1cn[nH]c1. The Morgan fingerprint density at radius 3 is 2.67 bits per heavy atom. The van der Waals surface area contributed by atoms with Gasteiger partial charge in [-0.25, -0.2) is 8.42 Å². The number of carbonyl (C=O) groups is 1. The molecule has 0 unspecified atom stereocenters. The van der Waals surface area contributed by atoms with E-state index in [-0.39, 0.29) is 30.3 Å². The molecule has 1 heterocycles. The highest BCUT2D eigenvalue weighted by Crippen LogP contribution is 2.17. The fraction of sp³-hybridized carbons (Fsp3) is 0.600. The summed E-state index contributed by atoms with van der Waals surface area (Å²) in [6, 6.07) is -0.237. The van der Waals surface area contributed by atoms with Crippen LogP contribution in [-0.4, -0.2) is 46.6 Å². The minimum atomic E-state index is -3.61. The van der Waals surface area contributed by atoms with Crippen molar-refractivity contribution >= 4 is 16.0 Å². The smallest absolute Gasteiger partial charge is 0.303 e. The second-order valence-corrected chi connectivity index (χ2v) is 6.03. The van der Waals surface area contributed by atoms with E-state index < -0.39 is 16.0 Å². The van der Waals surface area contributed by atoms with E-state index in [1.165, 1.54) is 16.7 Å². The average molecular weight is 275 g/mol. The molecule has 1 aromatic rings. The molecule has 0 bridgehead atoms. The number of hydrogen-bond acceptors (Lipinski definition) is 4. The molecule has 0 aromatic carbocycles. The summed E-state index contributed by atoms with van der Waals surface area (Å²) in [7, 11) is -3.61. The zero-order chi connectivity index (χ0) is 13.8. The molecule has 102 valence electrons. The first-order valence-corrected chi connectivity index (χ1v) is 7.02. The molecule has 0 fully saturated rings. The second-order valence-electron chi connectivity index (χ2n) is 4.14. The molecule has 0 saturated heterocycles. The Morgan fingerprint density at radius 1 is 1.56 bits per heavy atom. The molecule has 8 heteroatoms. The molecule has 0 aliphatic carbocycles. The average Bonchev–Trinajstić information content (AvgIpc) is 2.76. The first-order valence-electron chi connectivity index (χ1n) is 5.58. The summed E-state index contributed by atoms with van der Waals surface area (Å²) in [5, 5.41) is 14.6. The summed E-state index contributed by atoms with van der Waals surface area (Å²) in [6.07, 6.45) is 2.78. The van der Waals surface area contributed by atoms with Crippen molar-refractivity contribution in [2.24, 2.45) is 0 Å². The first kappa shape index (κ1) is 14.7. The van der Waals surface area contributed by atoms with Gasteiger partial charge in [-0.2, -0.15) is 9.40 Å². The van der Waals surface area contributed by atoms with Crippen molar-refractivity contribution in [3.8, 4) is 0 Å². The lowest BCUT2D eigenvalue weighted by Crippen LogP contribution is -2.37.